The number of nitrogens with zero attached hydrogens (tertiary/aromatic N) is 4. The number of anilines is 1. The quantitative estimate of drug-likeness (QED) is 0.694. The van der Waals surface area contributed by atoms with E-state index >= 15 is 0 Å². The molecule has 5 nitrogen and oxygen atoms in total. The zero-order valence-electron chi connectivity index (χ0n) is 13.5. The van der Waals surface area contributed by atoms with Crippen LogP contribution >= 0.6 is 22.9 Å². The van der Waals surface area contributed by atoms with E-state index in [0.717, 1.165) is 21.6 Å². The second kappa shape index (κ2) is 6.46. The minimum Gasteiger partial charge on any atom is -0.334 e. The zero-order chi connectivity index (χ0) is 17.4. The molecule has 0 N–H and O–H groups in total. The Labute approximate surface area is 153 Å². The minimum absolute atomic E-state index is 0.0319. The van der Waals surface area contributed by atoms with Gasteiger partial charge < -0.3 is 4.90 Å². The molecule has 4 rings (SSSR count). The number of aryl methyl sites for hydroxylation is 1. The van der Waals surface area contributed by atoms with Gasteiger partial charge in [0.1, 0.15) is 13.3 Å². The first-order valence-corrected chi connectivity index (χ1v) is 8.98. The summed E-state index contributed by atoms with van der Waals surface area (Å²) in [7, 11) is 0. The fourth-order valence-corrected chi connectivity index (χ4v) is 3.80. The van der Waals surface area contributed by atoms with Gasteiger partial charge in [-0.15, -0.1) is 0 Å². The van der Waals surface area contributed by atoms with Crippen molar-refractivity contribution in [3.8, 4) is 0 Å². The highest BCUT2D eigenvalue weighted by Gasteiger charge is 2.16. The van der Waals surface area contributed by atoms with E-state index in [2.05, 4.69) is 9.98 Å². The standard InChI is InChI=1S/C18H15ClN4OS/c1-12-4-5-14(8-15(12)19)22-10-21-18-23(11-22)17(24)16(25-18)7-13-3-2-6-20-9-13/h2-9H,10-11H2,1H3. The number of aromatic nitrogens is 2. The van der Waals surface area contributed by atoms with Crippen LogP contribution in [0.3, 0.4) is 0 Å². The van der Waals surface area contributed by atoms with Gasteiger partial charge in [-0.05, 0) is 42.3 Å². The van der Waals surface area contributed by atoms with Gasteiger partial charge in [-0.3, -0.25) is 14.3 Å². The maximum absolute atomic E-state index is 12.7. The third-order valence-corrected chi connectivity index (χ3v) is 5.53. The number of benzene rings is 1. The molecule has 1 aliphatic heterocycles. The molecule has 0 amide bonds. The molecule has 7 heteroatoms. The van der Waals surface area contributed by atoms with Crippen molar-refractivity contribution in [3.63, 3.8) is 0 Å². The molecule has 3 heterocycles. The van der Waals surface area contributed by atoms with Gasteiger partial charge in [0, 0.05) is 23.1 Å². The maximum atomic E-state index is 12.7. The summed E-state index contributed by atoms with van der Waals surface area (Å²) in [4.78, 5) is 24.1. The van der Waals surface area contributed by atoms with Crippen molar-refractivity contribution in [2.45, 2.75) is 13.6 Å². The lowest BCUT2D eigenvalue weighted by Crippen LogP contribution is -2.42. The van der Waals surface area contributed by atoms with E-state index in [4.69, 9.17) is 11.6 Å². The van der Waals surface area contributed by atoms with Crippen molar-refractivity contribution in [1.29, 1.82) is 0 Å². The Balaban J connectivity index is 1.72. The average Bonchev–Trinajstić information content (AvgIpc) is 2.94. The highest BCUT2D eigenvalue weighted by atomic mass is 35.5. The van der Waals surface area contributed by atoms with Crippen LogP contribution in [0, 0.1) is 6.92 Å². The smallest absolute Gasteiger partial charge is 0.271 e. The third-order valence-electron chi connectivity index (χ3n) is 4.08. The number of fused-ring (bicyclic) bond motifs is 1. The van der Waals surface area contributed by atoms with Gasteiger partial charge in [-0.1, -0.05) is 35.1 Å². The van der Waals surface area contributed by atoms with Crippen molar-refractivity contribution in [1.82, 2.24) is 9.55 Å². The van der Waals surface area contributed by atoms with Crippen molar-refractivity contribution in [2.75, 3.05) is 11.6 Å². The molecule has 25 heavy (non-hydrogen) atoms. The Hall–Kier alpha value is -2.44. The summed E-state index contributed by atoms with van der Waals surface area (Å²) < 4.78 is 2.36. The van der Waals surface area contributed by atoms with Crippen molar-refractivity contribution in [2.24, 2.45) is 4.99 Å². The topological polar surface area (TPSA) is 50.5 Å². The van der Waals surface area contributed by atoms with Gasteiger partial charge in [-0.25, -0.2) is 4.99 Å². The van der Waals surface area contributed by atoms with Crippen LogP contribution in [0.2, 0.25) is 5.02 Å². The lowest BCUT2D eigenvalue weighted by molar-refractivity contribution is 0.569. The Bertz CT molecular complexity index is 1100. The molecule has 1 aliphatic rings. The van der Waals surface area contributed by atoms with Crippen LogP contribution < -0.4 is 19.8 Å². The maximum Gasteiger partial charge on any atom is 0.271 e. The molecule has 2 aromatic heterocycles. The van der Waals surface area contributed by atoms with Crippen molar-refractivity contribution >= 4 is 34.7 Å². The molecule has 3 aromatic rings. The third kappa shape index (κ3) is 3.10. The van der Waals surface area contributed by atoms with Crippen LogP contribution in [-0.4, -0.2) is 16.2 Å². The van der Waals surface area contributed by atoms with E-state index in [1.165, 1.54) is 11.3 Å². The summed E-state index contributed by atoms with van der Waals surface area (Å²) in [6.07, 6.45) is 5.30. The molecule has 1 aromatic carbocycles. The fraction of sp³-hybridized carbons (Fsp3) is 0.167. The number of hydrogen-bond acceptors (Lipinski definition) is 5. The summed E-state index contributed by atoms with van der Waals surface area (Å²) in [6, 6.07) is 9.67. The van der Waals surface area contributed by atoms with E-state index < -0.39 is 0 Å². The van der Waals surface area contributed by atoms with Crippen LogP contribution in [-0.2, 0) is 6.67 Å². The van der Waals surface area contributed by atoms with Gasteiger partial charge in [-0.2, -0.15) is 0 Å². The van der Waals surface area contributed by atoms with Crippen LogP contribution in [0.4, 0.5) is 5.69 Å². The van der Waals surface area contributed by atoms with E-state index in [1.54, 1.807) is 17.0 Å². The summed E-state index contributed by atoms with van der Waals surface area (Å²) in [5.41, 5.74) is 2.86. The first-order chi connectivity index (χ1) is 12.1. The SMILES string of the molecule is Cc1ccc(N2CN=c3sc(=Cc4cccnc4)c(=O)n3C2)cc1Cl. The van der Waals surface area contributed by atoms with Gasteiger partial charge >= 0.3 is 0 Å². The molecule has 0 aliphatic carbocycles. The Morgan fingerprint density at radius 3 is 2.96 bits per heavy atom. The molecular formula is C18H15ClN4OS. The molecular weight excluding hydrogens is 356 g/mol. The van der Waals surface area contributed by atoms with Gasteiger partial charge in [0.15, 0.2) is 4.80 Å². The molecule has 0 unspecified atom stereocenters. The van der Waals surface area contributed by atoms with Crippen LogP contribution in [0.15, 0.2) is 52.5 Å². The number of pyridine rings is 1. The van der Waals surface area contributed by atoms with Gasteiger partial charge in [0.25, 0.3) is 5.56 Å². The number of halogens is 1. The molecule has 0 fully saturated rings. The zero-order valence-corrected chi connectivity index (χ0v) is 15.1. The summed E-state index contributed by atoms with van der Waals surface area (Å²) >= 11 is 7.63. The summed E-state index contributed by atoms with van der Waals surface area (Å²) in [5.74, 6) is 0. The Kier molecular flexibility index (Phi) is 4.15. The first kappa shape index (κ1) is 16.1. The first-order valence-electron chi connectivity index (χ1n) is 7.79. The highest BCUT2D eigenvalue weighted by molar-refractivity contribution is 7.07. The van der Waals surface area contributed by atoms with Gasteiger partial charge in [0.2, 0.25) is 0 Å². The molecule has 0 atom stereocenters. The number of hydrogen-bond donors (Lipinski definition) is 0. The van der Waals surface area contributed by atoms with E-state index in [9.17, 15) is 4.79 Å². The summed E-state index contributed by atoms with van der Waals surface area (Å²) in [6.45, 7) is 2.94. The lowest BCUT2D eigenvalue weighted by atomic mass is 10.2. The van der Waals surface area contributed by atoms with Crippen LogP contribution in [0.1, 0.15) is 11.1 Å². The Morgan fingerprint density at radius 2 is 2.20 bits per heavy atom. The normalized spacial score (nSPS) is 14.3. The number of rotatable bonds is 2. The van der Waals surface area contributed by atoms with Crippen LogP contribution in [0.5, 0.6) is 0 Å². The molecule has 0 spiro atoms. The molecule has 0 bridgehead atoms. The summed E-state index contributed by atoms with van der Waals surface area (Å²) in [5, 5.41) is 0.714. The van der Waals surface area contributed by atoms with E-state index in [-0.39, 0.29) is 5.56 Å². The predicted molar refractivity (Wildman–Crippen MR) is 101 cm³/mol. The van der Waals surface area contributed by atoms with Crippen molar-refractivity contribution in [3.05, 3.63) is 78.6 Å². The monoisotopic (exact) mass is 370 g/mol. The lowest BCUT2D eigenvalue weighted by Gasteiger charge is -2.26. The molecule has 126 valence electrons. The van der Waals surface area contributed by atoms with E-state index in [0.29, 0.717) is 22.9 Å². The second-order valence-electron chi connectivity index (χ2n) is 5.83. The molecule has 0 saturated heterocycles. The van der Waals surface area contributed by atoms with Crippen molar-refractivity contribution < 1.29 is 0 Å². The predicted octanol–water partition coefficient (Wildman–Crippen LogP) is 2.15. The minimum atomic E-state index is -0.0319. The van der Waals surface area contributed by atoms with E-state index in [1.807, 2.05) is 48.2 Å². The molecule has 0 saturated carbocycles. The second-order valence-corrected chi connectivity index (χ2v) is 7.24. The van der Waals surface area contributed by atoms with Crippen LogP contribution in [0.25, 0.3) is 6.08 Å². The number of thiazole rings is 1. The fourth-order valence-electron chi connectivity index (χ4n) is 2.67. The highest BCUT2D eigenvalue weighted by Crippen LogP contribution is 2.23. The van der Waals surface area contributed by atoms with Gasteiger partial charge in [0.05, 0.1) is 4.53 Å². The average molecular weight is 371 g/mol. The Morgan fingerprint density at radius 1 is 1.32 bits per heavy atom. The largest absolute Gasteiger partial charge is 0.334 e. The molecule has 0 radical (unpaired) electrons.